The van der Waals surface area contributed by atoms with E-state index in [2.05, 4.69) is 158 Å². The van der Waals surface area contributed by atoms with E-state index in [1.807, 2.05) is 30.3 Å². The Morgan fingerprint density at radius 3 is 1.90 bits per heavy atom. The molecule has 0 atom stereocenters. The fraction of sp³-hybridized carbons (Fsp3) is 0.0189. The highest BCUT2D eigenvalue weighted by molar-refractivity contribution is 6.24. The van der Waals surface area contributed by atoms with Crippen LogP contribution in [0, 0.1) is 0 Å². The second kappa shape index (κ2) is 13.8. The van der Waals surface area contributed by atoms with E-state index in [1.54, 1.807) is 0 Å². The van der Waals surface area contributed by atoms with Gasteiger partial charge in [0, 0.05) is 32.7 Å². The van der Waals surface area contributed by atoms with Crippen molar-refractivity contribution < 1.29 is 8.83 Å². The maximum atomic E-state index is 7.31. The third-order valence-electron chi connectivity index (χ3n) is 11.1. The van der Waals surface area contributed by atoms with Crippen LogP contribution >= 0.6 is 0 Å². The molecule has 0 unspecified atom stereocenters. The standard InChI is InChI=1S/C53H35N3O2/c54-52(56-53(37-22-20-36(21-23-37)34-10-2-1-3-11-34)55-32-33-18-19-35-12-4-5-13-38(35)28-33)51-42(25-27-48-50(51)43-16-8-9-17-46(43)57-48)41-24-26-47-44(30-41)45-29-39-14-6-7-15-40(39)31-49(45)58-47/h1-31H,32H2,(H2,54,55,56). The number of rotatable bonds is 6. The molecular formula is C53H35N3O2. The van der Waals surface area contributed by atoms with Crippen LogP contribution in [-0.2, 0) is 6.54 Å². The van der Waals surface area contributed by atoms with Crippen LogP contribution in [0.2, 0.25) is 0 Å². The molecule has 0 bridgehead atoms. The summed E-state index contributed by atoms with van der Waals surface area (Å²) >= 11 is 0. The van der Waals surface area contributed by atoms with E-state index >= 15 is 0 Å². The Kier molecular flexibility index (Phi) is 7.97. The van der Waals surface area contributed by atoms with Crippen molar-refractivity contribution in [1.29, 1.82) is 0 Å². The van der Waals surface area contributed by atoms with E-state index in [4.69, 9.17) is 24.6 Å². The van der Waals surface area contributed by atoms with Crippen molar-refractivity contribution in [2.75, 3.05) is 0 Å². The van der Waals surface area contributed by atoms with E-state index < -0.39 is 0 Å². The van der Waals surface area contributed by atoms with Crippen LogP contribution in [-0.4, -0.2) is 11.7 Å². The first kappa shape index (κ1) is 33.6. The zero-order valence-electron chi connectivity index (χ0n) is 31.4. The van der Waals surface area contributed by atoms with Crippen LogP contribution in [0.3, 0.4) is 0 Å². The Bertz CT molecular complexity index is 3430. The summed E-state index contributed by atoms with van der Waals surface area (Å²) in [5.74, 6) is 0.892. The zero-order chi connectivity index (χ0) is 38.6. The minimum Gasteiger partial charge on any atom is -0.456 e. The summed E-state index contributed by atoms with van der Waals surface area (Å²) in [5, 5.41) is 8.65. The van der Waals surface area contributed by atoms with Crippen LogP contribution in [0.5, 0.6) is 0 Å². The average molecular weight is 746 g/mol. The predicted octanol–water partition coefficient (Wildman–Crippen LogP) is 13.5. The molecule has 0 fully saturated rings. The van der Waals surface area contributed by atoms with Crippen molar-refractivity contribution in [3.8, 4) is 22.3 Å². The Morgan fingerprint density at radius 2 is 1.07 bits per heavy atom. The lowest BCUT2D eigenvalue weighted by Crippen LogP contribution is -2.18. The average Bonchev–Trinajstić information content (AvgIpc) is 3.84. The minimum absolute atomic E-state index is 0.347. The lowest BCUT2D eigenvalue weighted by molar-refractivity contribution is 0.668. The van der Waals surface area contributed by atoms with Gasteiger partial charge in [0.25, 0.3) is 0 Å². The normalized spacial score (nSPS) is 12.5. The van der Waals surface area contributed by atoms with Crippen LogP contribution in [0.4, 0.5) is 0 Å². The fourth-order valence-electron chi connectivity index (χ4n) is 8.26. The third-order valence-corrected chi connectivity index (χ3v) is 11.1. The van der Waals surface area contributed by atoms with Crippen LogP contribution < -0.4 is 5.73 Å². The van der Waals surface area contributed by atoms with Crippen LogP contribution in [0.1, 0.15) is 16.7 Å². The molecule has 0 aliphatic heterocycles. The topological polar surface area (TPSA) is 77.0 Å². The summed E-state index contributed by atoms with van der Waals surface area (Å²) in [6.45, 7) is 0.433. The molecular weight excluding hydrogens is 711 g/mol. The highest BCUT2D eigenvalue weighted by Gasteiger charge is 2.21. The van der Waals surface area contributed by atoms with E-state index in [1.165, 1.54) is 16.2 Å². The number of para-hydroxylation sites is 1. The Hall–Kier alpha value is -7.76. The van der Waals surface area contributed by atoms with Crippen molar-refractivity contribution in [2.45, 2.75) is 6.54 Å². The first-order chi connectivity index (χ1) is 28.6. The van der Waals surface area contributed by atoms with Gasteiger partial charge in [-0.1, -0.05) is 140 Å². The molecule has 0 amide bonds. The second-order valence-corrected chi connectivity index (χ2v) is 14.7. The molecule has 0 aliphatic carbocycles. The molecule has 5 heteroatoms. The molecule has 2 heterocycles. The number of aliphatic imine (C=N–C) groups is 2. The second-order valence-electron chi connectivity index (χ2n) is 14.7. The van der Waals surface area contributed by atoms with Gasteiger partial charge in [0.2, 0.25) is 0 Å². The van der Waals surface area contributed by atoms with Gasteiger partial charge in [-0.15, -0.1) is 0 Å². The number of hydrogen-bond acceptors (Lipinski definition) is 3. The Balaban J connectivity index is 1.10. The van der Waals surface area contributed by atoms with Crippen molar-refractivity contribution in [1.82, 2.24) is 0 Å². The first-order valence-corrected chi connectivity index (χ1v) is 19.5. The van der Waals surface area contributed by atoms with E-state index in [9.17, 15) is 0 Å². The smallest absolute Gasteiger partial charge is 0.157 e. The monoisotopic (exact) mass is 745 g/mol. The largest absolute Gasteiger partial charge is 0.456 e. The van der Waals surface area contributed by atoms with Gasteiger partial charge >= 0.3 is 0 Å². The molecule has 11 aromatic rings. The fourth-order valence-corrected chi connectivity index (χ4v) is 8.26. The Morgan fingerprint density at radius 1 is 0.448 bits per heavy atom. The van der Waals surface area contributed by atoms with Gasteiger partial charge in [-0.05, 0) is 97.9 Å². The number of nitrogens with two attached hydrogens (primary N) is 1. The van der Waals surface area contributed by atoms with Crippen molar-refractivity contribution in [2.24, 2.45) is 15.7 Å². The summed E-state index contributed by atoms with van der Waals surface area (Å²) in [7, 11) is 0. The maximum absolute atomic E-state index is 7.31. The molecule has 11 rings (SSSR count). The molecule has 9 aromatic carbocycles. The molecule has 0 radical (unpaired) electrons. The summed E-state index contributed by atoms with van der Waals surface area (Å²) in [5.41, 5.74) is 17.4. The maximum Gasteiger partial charge on any atom is 0.157 e. The number of nitrogens with zero attached hydrogens (tertiary/aromatic N) is 2. The highest BCUT2D eigenvalue weighted by Crippen LogP contribution is 2.40. The summed E-state index contributed by atoms with van der Waals surface area (Å²) in [6.07, 6.45) is 0. The molecule has 0 aliphatic rings. The molecule has 58 heavy (non-hydrogen) atoms. The number of furan rings is 2. The van der Waals surface area contributed by atoms with Gasteiger partial charge in [-0.3, -0.25) is 4.99 Å². The molecule has 0 spiro atoms. The van der Waals surface area contributed by atoms with Gasteiger partial charge in [-0.2, -0.15) is 0 Å². The minimum atomic E-state index is 0.347. The van der Waals surface area contributed by atoms with E-state index in [0.717, 1.165) is 88.2 Å². The quantitative estimate of drug-likeness (QED) is 0.136. The van der Waals surface area contributed by atoms with Gasteiger partial charge < -0.3 is 14.6 Å². The number of amidine groups is 2. The highest BCUT2D eigenvalue weighted by atomic mass is 16.3. The molecule has 5 nitrogen and oxygen atoms in total. The summed E-state index contributed by atoms with van der Waals surface area (Å²) in [6, 6.07) is 64.9. The number of hydrogen-bond donors (Lipinski definition) is 1. The summed E-state index contributed by atoms with van der Waals surface area (Å²) < 4.78 is 12.8. The molecule has 2 N–H and O–H groups in total. The lowest BCUT2D eigenvalue weighted by Gasteiger charge is -2.13. The van der Waals surface area contributed by atoms with Crippen LogP contribution in [0.25, 0.3) is 87.7 Å². The first-order valence-electron chi connectivity index (χ1n) is 19.5. The number of fused-ring (bicyclic) bond motifs is 8. The van der Waals surface area contributed by atoms with Crippen molar-refractivity contribution in [3.63, 3.8) is 0 Å². The summed E-state index contributed by atoms with van der Waals surface area (Å²) in [4.78, 5) is 10.4. The van der Waals surface area contributed by atoms with E-state index in [0.29, 0.717) is 18.2 Å². The molecule has 274 valence electrons. The number of benzene rings is 9. The SMILES string of the molecule is N/C(=N\C(=N/Cc1ccc2ccccc2c1)c1ccc(-c2ccccc2)cc1)c1c(-c2ccc3oc4cc5ccccc5cc4c3c2)ccc2oc3ccccc3c12. The van der Waals surface area contributed by atoms with E-state index in [-0.39, 0.29) is 0 Å². The molecule has 0 saturated heterocycles. The third kappa shape index (κ3) is 5.89. The predicted molar refractivity (Wildman–Crippen MR) is 241 cm³/mol. The molecule has 0 saturated carbocycles. The van der Waals surface area contributed by atoms with Gasteiger partial charge in [0.15, 0.2) is 5.84 Å². The van der Waals surface area contributed by atoms with Gasteiger partial charge in [-0.25, -0.2) is 4.99 Å². The zero-order valence-corrected chi connectivity index (χ0v) is 31.4. The molecule has 2 aromatic heterocycles. The lowest BCUT2D eigenvalue weighted by atomic mass is 9.93. The Labute approximate surface area is 334 Å². The van der Waals surface area contributed by atoms with Crippen LogP contribution in [0.15, 0.2) is 207 Å². The van der Waals surface area contributed by atoms with Gasteiger partial charge in [0.05, 0.1) is 6.54 Å². The van der Waals surface area contributed by atoms with Crippen molar-refractivity contribution >= 4 is 77.1 Å². The van der Waals surface area contributed by atoms with Gasteiger partial charge in [0.1, 0.15) is 28.2 Å². The van der Waals surface area contributed by atoms with Crippen molar-refractivity contribution in [3.05, 3.63) is 205 Å².